The van der Waals surface area contributed by atoms with Crippen molar-refractivity contribution in [3.05, 3.63) is 35.4 Å². The third-order valence-corrected chi connectivity index (χ3v) is 1.39. The van der Waals surface area contributed by atoms with Crippen LogP contribution in [0.5, 0.6) is 0 Å². The van der Waals surface area contributed by atoms with Crippen LogP contribution in [0.15, 0.2) is 24.3 Å². The molecule has 0 atom stereocenters. The number of hydrogen-bond acceptors (Lipinski definition) is 2. The second-order valence-corrected chi connectivity index (χ2v) is 2.75. The molecule has 0 aliphatic heterocycles. The molecule has 0 saturated carbocycles. The fraction of sp³-hybridized carbons (Fsp3) is 0.417. The summed E-state index contributed by atoms with van der Waals surface area (Å²) in [5.41, 5.74) is 7.23. The predicted octanol–water partition coefficient (Wildman–Crippen LogP) is 2.36. The van der Waals surface area contributed by atoms with Gasteiger partial charge in [-0.2, -0.15) is 0 Å². The summed E-state index contributed by atoms with van der Waals surface area (Å²) in [6.45, 7) is 7.92. The lowest BCUT2D eigenvalue weighted by atomic mass is 10.2. The Bertz CT molecular complexity index is 234. The fourth-order valence-corrected chi connectivity index (χ4v) is 0.637. The monoisotopic (exact) mass is 211 g/mol. The van der Waals surface area contributed by atoms with Gasteiger partial charge in [-0.25, -0.2) is 0 Å². The van der Waals surface area contributed by atoms with Gasteiger partial charge in [-0.05, 0) is 13.8 Å². The Morgan fingerprint density at radius 3 is 1.47 bits per heavy atom. The van der Waals surface area contributed by atoms with E-state index in [-0.39, 0.29) is 6.54 Å². The quantitative estimate of drug-likeness (QED) is 0.749. The number of carbonyl (C=O) groups is 1. The van der Waals surface area contributed by atoms with Crippen LogP contribution in [0.1, 0.15) is 25.0 Å². The van der Waals surface area contributed by atoms with Crippen LogP contribution in [0.2, 0.25) is 0 Å². The molecule has 0 fully saturated rings. The molecular formula is C12H21NO2. The molecule has 0 radical (unpaired) electrons. The molecule has 0 saturated heterocycles. The number of rotatable bonds is 1. The molecule has 0 aliphatic rings. The predicted molar refractivity (Wildman–Crippen MR) is 64.0 cm³/mol. The zero-order valence-corrected chi connectivity index (χ0v) is 9.95. The van der Waals surface area contributed by atoms with E-state index in [0.29, 0.717) is 0 Å². The Hall–Kier alpha value is -1.35. The normalized spacial score (nSPS) is 7.80. The van der Waals surface area contributed by atoms with Crippen molar-refractivity contribution in [1.82, 2.24) is 0 Å². The molecule has 86 valence electrons. The van der Waals surface area contributed by atoms with Crippen LogP contribution >= 0.6 is 0 Å². The highest BCUT2D eigenvalue weighted by Gasteiger charge is 1.81. The molecule has 1 rings (SSSR count). The maximum atomic E-state index is 9.24. The first kappa shape index (κ1) is 16.1. The van der Waals surface area contributed by atoms with Gasteiger partial charge in [0.2, 0.25) is 0 Å². The Labute approximate surface area is 91.9 Å². The molecule has 1 aromatic rings. The number of carboxylic acid groups (broad SMARTS) is 1. The van der Waals surface area contributed by atoms with Gasteiger partial charge >= 0.3 is 5.97 Å². The number of aryl methyl sites for hydroxylation is 2. The highest BCUT2D eigenvalue weighted by Crippen LogP contribution is 1.99. The number of hydrogen-bond donors (Lipinski definition) is 2. The van der Waals surface area contributed by atoms with Crippen LogP contribution in [-0.2, 0) is 4.79 Å². The van der Waals surface area contributed by atoms with Crippen LogP contribution in [0.3, 0.4) is 0 Å². The van der Waals surface area contributed by atoms with Gasteiger partial charge in [0.25, 0.3) is 0 Å². The van der Waals surface area contributed by atoms with Crippen molar-refractivity contribution in [2.24, 2.45) is 5.73 Å². The first-order valence-electron chi connectivity index (χ1n) is 5.01. The smallest absolute Gasteiger partial charge is 0.317 e. The van der Waals surface area contributed by atoms with E-state index in [1.165, 1.54) is 11.1 Å². The van der Waals surface area contributed by atoms with E-state index in [2.05, 4.69) is 43.8 Å². The summed E-state index contributed by atoms with van der Waals surface area (Å²) in [4.78, 5) is 9.24. The van der Waals surface area contributed by atoms with E-state index in [1.54, 1.807) is 0 Å². The summed E-state index contributed by atoms with van der Waals surface area (Å²) in [5.74, 6) is -0.968. The molecule has 0 heterocycles. The minimum Gasteiger partial charge on any atom is -0.480 e. The van der Waals surface area contributed by atoms with E-state index in [1.807, 2.05) is 13.8 Å². The molecule has 0 spiro atoms. The first-order valence-corrected chi connectivity index (χ1v) is 5.01. The molecule has 0 unspecified atom stereocenters. The topological polar surface area (TPSA) is 63.3 Å². The van der Waals surface area contributed by atoms with Gasteiger partial charge in [0.1, 0.15) is 0 Å². The Kier molecular flexibility index (Phi) is 11.5. The van der Waals surface area contributed by atoms with Crippen molar-refractivity contribution < 1.29 is 9.90 Å². The van der Waals surface area contributed by atoms with Gasteiger partial charge in [-0.3, -0.25) is 4.79 Å². The highest BCUT2D eigenvalue weighted by atomic mass is 16.4. The summed E-state index contributed by atoms with van der Waals surface area (Å²) >= 11 is 0. The Morgan fingerprint density at radius 1 is 1.13 bits per heavy atom. The van der Waals surface area contributed by atoms with Crippen LogP contribution in [0.4, 0.5) is 0 Å². The van der Waals surface area contributed by atoms with Gasteiger partial charge in [0.05, 0.1) is 6.54 Å². The molecule has 3 nitrogen and oxygen atoms in total. The molecule has 0 aliphatic carbocycles. The van der Waals surface area contributed by atoms with Crippen LogP contribution in [0.25, 0.3) is 0 Å². The molecule has 3 heteroatoms. The summed E-state index contributed by atoms with van der Waals surface area (Å²) in [5, 5.41) is 7.60. The molecule has 15 heavy (non-hydrogen) atoms. The maximum absolute atomic E-state index is 9.24. The molecule has 0 aromatic heterocycles. The number of carboxylic acids is 1. The standard InChI is InChI=1S/C8H10.C2H5NO2.C2H6/c1-7-3-5-8(2)6-4-7;3-1-2(4)5;1-2/h3-6H,1-2H3;1,3H2,(H,4,5);1-2H3. The Morgan fingerprint density at radius 2 is 1.33 bits per heavy atom. The van der Waals surface area contributed by atoms with E-state index in [9.17, 15) is 4.79 Å². The largest absolute Gasteiger partial charge is 0.480 e. The zero-order valence-electron chi connectivity index (χ0n) is 9.95. The van der Waals surface area contributed by atoms with Gasteiger partial charge in [-0.1, -0.05) is 49.2 Å². The van der Waals surface area contributed by atoms with Crippen molar-refractivity contribution in [3.63, 3.8) is 0 Å². The molecule has 0 amide bonds. The van der Waals surface area contributed by atoms with Crippen LogP contribution in [0, 0.1) is 13.8 Å². The zero-order chi connectivity index (χ0) is 12.3. The van der Waals surface area contributed by atoms with Crippen molar-refractivity contribution in [3.8, 4) is 0 Å². The lowest BCUT2D eigenvalue weighted by molar-refractivity contribution is -0.135. The van der Waals surface area contributed by atoms with Gasteiger partial charge in [-0.15, -0.1) is 0 Å². The van der Waals surface area contributed by atoms with E-state index < -0.39 is 5.97 Å². The SMILES string of the molecule is CC.Cc1ccc(C)cc1.NCC(=O)O. The van der Waals surface area contributed by atoms with Crippen LogP contribution < -0.4 is 5.73 Å². The molecule has 3 N–H and O–H groups in total. The average Bonchev–Trinajstić information content (AvgIpc) is 2.26. The summed E-state index contributed by atoms with van der Waals surface area (Å²) < 4.78 is 0. The van der Waals surface area contributed by atoms with Gasteiger partial charge in [0.15, 0.2) is 0 Å². The van der Waals surface area contributed by atoms with Gasteiger partial charge in [0, 0.05) is 0 Å². The van der Waals surface area contributed by atoms with Crippen molar-refractivity contribution in [2.45, 2.75) is 27.7 Å². The summed E-state index contributed by atoms with van der Waals surface area (Å²) in [7, 11) is 0. The van der Waals surface area contributed by atoms with Crippen molar-refractivity contribution >= 4 is 5.97 Å². The average molecular weight is 211 g/mol. The van der Waals surface area contributed by atoms with Crippen molar-refractivity contribution in [2.75, 3.05) is 6.54 Å². The maximum Gasteiger partial charge on any atom is 0.317 e. The number of benzene rings is 1. The minimum atomic E-state index is -0.968. The lowest BCUT2D eigenvalue weighted by Crippen LogP contribution is -2.10. The van der Waals surface area contributed by atoms with Crippen LogP contribution in [-0.4, -0.2) is 17.6 Å². The molecular weight excluding hydrogens is 190 g/mol. The second kappa shape index (κ2) is 10.7. The van der Waals surface area contributed by atoms with Crippen molar-refractivity contribution in [1.29, 1.82) is 0 Å². The van der Waals surface area contributed by atoms with Gasteiger partial charge < -0.3 is 10.8 Å². The molecule has 0 bridgehead atoms. The lowest BCUT2D eigenvalue weighted by Gasteiger charge is -1.90. The summed E-state index contributed by atoms with van der Waals surface area (Å²) in [6, 6.07) is 8.48. The summed E-state index contributed by atoms with van der Waals surface area (Å²) in [6.07, 6.45) is 0. The van der Waals surface area contributed by atoms with E-state index in [0.717, 1.165) is 0 Å². The van der Waals surface area contributed by atoms with E-state index in [4.69, 9.17) is 5.11 Å². The third-order valence-electron chi connectivity index (χ3n) is 1.39. The minimum absolute atomic E-state index is 0.278. The molecule has 1 aromatic carbocycles. The van der Waals surface area contributed by atoms with E-state index >= 15 is 0 Å². The third kappa shape index (κ3) is 12.6. The number of nitrogens with two attached hydrogens (primary N) is 1. The Balaban J connectivity index is 0. The number of aliphatic carboxylic acids is 1. The highest BCUT2D eigenvalue weighted by molar-refractivity contribution is 5.68. The first-order chi connectivity index (χ1) is 7.06. The second-order valence-electron chi connectivity index (χ2n) is 2.75. The fourth-order valence-electron chi connectivity index (χ4n) is 0.637.